The maximum atomic E-state index is 13.2. The van der Waals surface area contributed by atoms with Gasteiger partial charge >= 0.3 is 5.69 Å². The number of rotatable bonds is 8. The van der Waals surface area contributed by atoms with Crippen LogP contribution in [-0.2, 0) is 17.8 Å². The van der Waals surface area contributed by atoms with Gasteiger partial charge in [0.2, 0.25) is 5.91 Å². The van der Waals surface area contributed by atoms with Gasteiger partial charge in [-0.15, -0.1) is 0 Å². The van der Waals surface area contributed by atoms with Gasteiger partial charge in [-0.3, -0.25) is 24.3 Å². The topological polar surface area (TPSA) is 150 Å². The molecule has 0 radical (unpaired) electrons. The van der Waals surface area contributed by atoms with Crippen molar-refractivity contribution in [2.75, 3.05) is 7.11 Å². The Morgan fingerprint density at radius 3 is 2.47 bits per heavy atom. The number of ketones is 1. The Kier molecular flexibility index (Phi) is 5.96. The number of imidazole rings is 1. The van der Waals surface area contributed by atoms with Gasteiger partial charge < -0.3 is 15.5 Å². The van der Waals surface area contributed by atoms with E-state index in [1.165, 1.54) is 29.9 Å². The van der Waals surface area contributed by atoms with Crippen LogP contribution in [0.25, 0.3) is 11.0 Å². The number of methoxy groups -OCH3 is 1. The molecule has 1 aromatic heterocycles. The van der Waals surface area contributed by atoms with Gasteiger partial charge in [-0.2, -0.15) is 0 Å². The molecule has 10 nitrogen and oxygen atoms in total. The van der Waals surface area contributed by atoms with Crippen LogP contribution in [0.3, 0.4) is 0 Å². The normalized spacial score (nSPS) is 10.9. The number of ether oxygens (including phenoxy) is 1. The monoisotopic (exact) mass is 460 g/mol. The van der Waals surface area contributed by atoms with E-state index in [-0.39, 0.29) is 35.5 Å². The second-order valence-corrected chi connectivity index (χ2v) is 7.60. The first-order chi connectivity index (χ1) is 16.3. The number of hydrogen-bond acceptors (Lipinski definition) is 6. The van der Waals surface area contributed by atoms with Crippen molar-refractivity contribution in [1.82, 2.24) is 9.55 Å². The van der Waals surface area contributed by atoms with Crippen molar-refractivity contribution >= 4 is 28.4 Å². The van der Waals surface area contributed by atoms with Crippen LogP contribution in [0, 0.1) is 10.1 Å². The predicted octanol–water partition coefficient (Wildman–Crippen LogP) is 2.55. The van der Waals surface area contributed by atoms with Crippen LogP contribution in [0.1, 0.15) is 27.0 Å². The average Bonchev–Trinajstić information content (AvgIpc) is 3.15. The van der Waals surface area contributed by atoms with Gasteiger partial charge in [0.25, 0.3) is 5.69 Å². The summed E-state index contributed by atoms with van der Waals surface area (Å²) < 4.78 is 6.64. The number of nitrogens with two attached hydrogens (primary N) is 1. The molecule has 3 N–H and O–H groups in total. The zero-order chi connectivity index (χ0) is 24.4. The summed E-state index contributed by atoms with van der Waals surface area (Å²) in [6.07, 6.45) is -0.167. The molecule has 0 spiro atoms. The standard InChI is InChI=1S/C24H20N4O6/c1-34-19-10-8-17(28(32)33)11-16(19)13-27-22-15(12-20(25)29)7-9-18(21(22)26-24(27)31)23(30)14-5-3-2-4-6-14/h2-11H,12-13H2,1H3,(H2,25,29)(H,26,31). The molecular formula is C24H20N4O6. The van der Waals surface area contributed by atoms with Crippen LogP contribution in [0.4, 0.5) is 5.69 Å². The number of nitro groups is 1. The van der Waals surface area contributed by atoms with Gasteiger partial charge in [-0.05, 0) is 17.7 Å². The highest BCUT2D eigenvalue weighted by atomic mass is 16.6. The number of non-ortho nitro benzene ring substituents is 1. The Morgan fingerprint density at radius 1 is 1.09 bits per heavy atom. The summed E-state index contributed by atoms with van der Waals surface area (Å²) in [5.74, 6) is -0.575. The van der Waals surface area contributed by atoms with Crippen LogP contribution in [0.5, 0.6) is 5.75 Å². The van der Waals surface area contributed by atoms with Crippen LogP contribution in [0.15, 0.2) is 65.5 Å². The third-order valence-electron chi connectivity index (χ3n) is 5.46. The molecule has 1 heterocycles. The van der Waals surface area contributed by atoms with Crippen LogP contribution in [-0.4, -0.2) is 33.3 Å². The number of H-pyrrole nitrogens is 1. The van der Waals surface area contributed by atoms with E-state index in [0.29, 0.717) is 28.0 Å². The first-order valence-corrected chi connectivity index (χ1v) is 10.2. The molecule has 0 aliphatic carbocycles. The Hall–Kier alpha value is -4.73. The number of carbonyl (C=O) groups excluding carboxylic acids is 2. The fourth-order valence-corrected chi connectivity index (χ4v) is 3.93. The van der Waals surface area contributed by atoms with Crippen molar-refractivity contribution in [2.45, 2.75) is 13.0 Å². The van der Waals surface area contributed by atoms with E-state index >= 15 is 0 Å². The molecule has 0 saturated carbocycles. The predicted molar refractivity (Wildman–Crippen MR) is 124 cm³/mol. The van der Waals surface area contributed by atoms with Gasteiger partial charge in [0.05, 0.1) is 36.0 Å². The molecule has 0 aliphatic heterocycles. The van der Waals surface area contributed by atoms with Crippen molar-refractivity contribution in [3.8, 4) is 5.75 Å². The fourth-order valence-electron chi connectivity index (χ4n) is 3.93. The Balaban J connectivity index is 1.93. The molecule has 0 aliphatic rings. The number of hydrogen-bond donors (Lipinski definition) is 2. The van der Waals surface area contributed by atoms with E-state index in [0.717, 1.165) is 0 Å². The van der Waals surface area contributed by atoms with Crippen LogP contribution < -0.4 is 16.2 Å². The quantitative estimate of drug-likeness (QED) is 0.234. The number of primary amides is 1. The maximum Gasteiger partial charge on any atom is 0.326 e. The van der Waals surface area contributed by atoms with Gasteiger partial charge in [0.15, 0.2) is 5.78 Å². The number of fused-ring (bicyclic) bond motifs is 1. The molecule has 0 saturated heterocycles. The van der Waals surface area contributed by atoms with E-state index in [1.54, 1.807) is 42.5 Å². The van der Waals surface area contributed by atoms with Crippen LogP contribution >= 0.6 is 0 Å². The molecule has 4 rings (SSSR count). The molecule has 10 heteroatoms. The van der Waals surface area contributed by atoms with Crippen molar-refractivity contribution in [1.29, 1.82) is 0 Å². The number of nitrogens with one attached hydrogen (secondary N) is 1. The van der Waals surface area contributed by atoms with E-state index in [2.05, 4.69) is 4.98 Å². The Bertz CT molecular complexity index is 1490. The van der Waals surface area contributed by atoms with Gasteiger partial charge in [0, 0.05) is 28.8 Å². The number of amides is 1. The summed E-state index contributed by atoms with van der Waals surface area (Å²) in [6.45, 7) is -0.0988. The highest BCUT2D eigenvalue weighted by Crippen LogP contribution is 2.28. The fraction of sp³-hybridized carbons (Fsp3) is 0.125. The first-order valence-electron chi connectivity index (χ1n) is 10.2. The van der Waals surface area contributed by atoms with Crippen LogP contribution in [0.2, 0.25) is 0 Å². The van der Waals surface area contributed by atoms with Gasteiger partial charge in [-0.25, -0.2) is 4.79 Å². The summed E-state index contributed by atoms with van der Waals surface area (Å²) in [4.78, 5) is 51.3. The van der Waals surface area contributed by atoms with E-state index in [1.807, 2.05) is 0 Å². The third-order valence-corrected chi connectivity index (χ3v) is 5.46. The highest BCUT2D eigenvalue weighted by Gasteiger charge is 2.22. The summed E-state index contributed by atoms with van der Waals surface area (Å²) in [5.41, 5.74) is 6.76. The van der Waals surface area contributed by atoms with E-state index in [4.69, 9.17) is 10.5 Å². The molecule has 34 heavy (non-hydrogen) atoms. The molecule has 0 unspecified atom stereocenters. The zero-order valence-corrected chi connectivity index (χ0v) is 18.1. The van der Waals surface area contributed by atoms with Crippen molar-refractivity contribution in [2.24, 2.45) is 5.73 Å². The maximum absolute atomic E-state index is 13.2. The highest BCUT2D eigenvalue weighted by molar-refractivity contribution is 6.15. The third kappa shape index (κ3) is 4.16. The number of nitro benzene ring substituents is 1. The van der Waals surface area contributed by atoms with Gasteiger partial charge in [-0.1, -0.05) is 36.4 Å². The van der Waals surface area contributed by atoms with Crippen molar-refractivity contribution in [3.63, 3.8) is 0 Å². The molecule has 4 aromatic rings. The molecule has 0 bridgehead atoms. The number of benzene rings is 3. The molecule has 1 amide bonds. The smallest absolute Gasteiger partial charge is 0.326 e. The number of carbonyl (C=O) groups is 2. The Labute approximate surface area is 192 Å². The Morgan fingerprint density at radius 2 is 1.82 bits per heavy atom. The molecule has 3 aromatic carbocycles. The lowest BCUT2D eigenvalue weighted by molar-refractivity contribution is -0.384. The van der Waals surface area contributed by atoms with E-state index in [9.17, 15) is 24.5 Å². The summed E-state index contributed by atoms with van der Waals surface area (Å²) >= 11 is 0. The molecular weight excluding hydrogens is 440 g/mol. The summed E-state index contributed by atoms with van der Waals surface area (Å²) in [6, 6.07) is 15.8. The lowest BCUT2D eigenvalue weighted by atomic mass is 9.98. The second kappa shape index (κ2) is 9.02. The summed E-state index contributed by atoms with van der Waals surface area (Å²) in [5, 5.41) is 11.3. The van der Waals surface area contributed by atoms with E-state index < -0.39 is 16.5 Å². The van der Waals surface area contributed by atoms with Gasteiger partial charge in [0.1, 0.15) is 5.75 Å². The minimum Gasteiger partial charge on any atom is -0.496 e. The average molecular weight is 460 g/mol. The minimum absolute atomic E-state index is 0.0988. The van der Waals surface area contributed by atoms with Crippen molar-refractivity contribution in [3.05, 3.63) is 104 Å². The lowest BCUT2D eigenvalue weighted by Crippen LogP contribution is -2.19. The SMILES string of the molecule is COc1ccc([N+](=O)[O-])cc1Cn1c(=O)[nH]c2c(C(=O)c3ccccc3)ccc(CC(N)=O)c21. The number of aromatic amines is 1. The molecule has 0 atom stereocenters. The zero-order valence-electron chi connectivity index (χ0n) is 18.1. The number of nitrogens with zero attached hydrogens (tertiary/aromatic N) is 2. The lowest BCUT2D eigenvalue weighted by Gasteiger charge is -2.12. The molecule has 0 fully saturated rings. The molecule has 172 valence electrons. The largest absolute Gasteiger partial charge is 0.496 e. The number of aromatic nitrogens is 2. The first kappa shape index (κ1) is 22.5. The summed E-state index contributed by atoms with van der Waals surface area (Å²) in [7, 11) is 1.41. The van der Waals surface area contributed by atoms with Crippen molar-refractivity contribution < 1.29 is 19.2 Å². The second-order valence-electron chi connectivity index (χ2n) is 7.60. The minimum atomic E-state index is -0.614.